The van der Waals surface area contributed by atoms with Crippen molar-refractivity contribution in [1.29, 1.82) is 0 Å². The first kappa shape index (κ1) is 15.5. The van der Waals surface area contributed by atoms with Gasteiger partial charge in [0, 0.05) is 11.1 Å². The molecule has 3 aromatic rings. The fraction of sp³-hybridized carbons (Fsp3) is 0.125. The fourth-order valence-electron chi connectivity index (χ4n) is 2.17. The predicted octanol–water partition coefficient (Wildman–Crippen LogP) is 2.02. The van der Waals surface area contributed by atoms with Gasteiger partial charge in [-0.25, -0.2) is 0 Å². The van der Waals surface area contributed by atoms with Crippen LogP contribution in [0.5, 0.6) is 0 Å². The highest BCUT2D eigenvalue weighted by atomic mass is 16.4. The van der Waals surface area contributed by atoms with Crippen LogP contribution in [0.15, 0.2) is 45.6 Å². The molecule has 2 N–H and O–H groups in total. The summed E-state index contributed by atoms with van der Waals surface area (Å²) in [5.41, 5.74) is 6.15. The minimum Gasteiger partial charge on any atom is -0.466 e. The monoisotopic (exact) mass is 326 g/mol. The molecule has 1 aromatic carbocycles. The van der Waals surface area contributed by atoms with Crippen LogP contribution in [-0.2, 0) is 0 Å². The van der Waals surface area contributed by atoms with Gasteiger partial charge in [0.1, 0.15) is 11.5 Å². The van der Waals surface area contributed by atoms with Gasteiger partial charge in [-0.05, 0) is 44.2 Å². The van der Waals surface area contributed by atoms with Gasteiger partial charge < -0.3 is 8.83 Å². The zero-order chi connectivity index (χ0) is 17.1. The number of nitrogens with zero attached hydrogens (tertiary/aromatic N) is 2. The third-order valence-electron chi connectivity index (χ3n) is 3.33. The van der Waals surface area contributed by atoms with Crippen LogP contribution in [0.3, 0.4) is 0 Å². The molecule has 122 valence electrons. The van der Waals surface area contributed by atoms with E-state index in [9.17, 15) is 9.59 Å². The molecule has 0 aliphatic carbocycles. The van der Waals surface area contributed by atoms with Crippen LogP contribution >= 0.6 is 0 Å². The Hall–Kier alpha value is -3.42. The van der Waals surface area contributed by atoms with Crippen LogP contribution in [0.1, 0.15) is 32.2 Å². The van der Waals surface area contributed by atoms with Crippen LogP contribution < -0.4 is 10.9 Å². The van der Waals surface area contributed by atoms with Crippen molar-refractivity contribution in [3.05, 3.63) is 59.4 Å². The van der Waals surface area contributed by atoms with E-state index in [0.29, 0.717) is 34.1 Å². The summed E-state index contributed by atoms with van der Waals surface area (Å²) in [6.45, 7) is 3.42. The maximum atomic E-state index is 12.1. The zero-order valence-corrected chi connectivity index (χ0v) is 13.0. The van der Waals surface area contributed by atoms with E-state index in [-0.39, 0.29) is 0 Å². The number of benzene rings is 1. The normalized spacial score (nSPS) is 10.4. The highest BCUT2D eigenvalue weighted by molar-refractivity contribution is 5.99. The van der Waals surface area contributed by atoms with E-state index in [1.54, 1.807) is 44.2 Å². The summed E-state index contributed by atoms with van der Waals surface area (Å²) in [5.74, 6) is 0.586. The number of furan rings is 1. The van der Waals surface area contributed by atoms with Crippen molar-refractivity contribution in [2.75, 3.05) is 0 Å². The van der Waals surface area contributed by atoms with E-state index >= 15 is 0 Å². The zero-order valence-electron chi connectivity index (χ0n) is 13.0. The van der Waals surface area contributed by atoms with Crippen LogP contribution in [-0.4, -0.2) is 22.0 Å². The van der Waals surface area contributed by atoms with Crippen molar-refractivity contribution < 1.29 is 18.4 Å². The first-order valence-electron chi connectivity index (χ1n) is 7.09. The van der Waals surface area contributed by atoms with Crippen LogP contribution in [0.2, 0.25) is 0 Å². The van der Waals surface area contributed by atoms with E-state index in [1.165, 1.54) is 6.39 Å². The SMILES string of the molecule is Cc1cc(C(=O)NNC(=O)c2ccc(-c3nnco3)cc2)c(C)o1. The van der Waals surface area contributed by atoms with E-state index < -0.39 is 11.8 Å². The second-order valence-corrected chi connectivity index (χ2v) is 5.06. The molecule has 0 bridgehead atoms. The molecule has 8 nitrogen and oxygen atoms in total. The molecule has 8 heteroatoms. The Balaban J connectivity index is 1.63. The molecule has 3 rings (SSSR count). The third kappa shape index (κ3) is 3.17. The Morgan fingerprint density at radius 1 is 1.04 bits per heavy atom. The highest BCUT2D eigenvalue weighted by Crippen LogP contribution is 2.16. The number of hydrogen-bond acceptors (Lipinski definition) is 6. The summed E-state index contributed by atoms with van der Waals surface area (Å²) in [5, 5.41) is 7.37. The van der Waals surface area contributed by atoms with Gasteiger partial charge in [-0.1, -0.05) is 0 Å². The summed E-state index contributed by atoms with van der Waals surface area (Å²) in [6, 6.07) is 8.14. The summed E-state index contributed by atoms with van der Waals surface area (Å²) < 4.78 is 10.4. The van der Waals surface area contributed by atoms with Crippen molar-refractivity contribution in [2.24, 2.45) is 0 Å². The Kier molecular flexibility index (Phi) is 4.11. The lowest BCUT2D eigenvalue weighted by Gasteiger charge is -2.07. The summed E-state index contributed by atoms with van der Waals surface area (Å²) >= 11 is 0. The van der Waals surface area contributed by atoms with Gasteiger partial charge in [0.05, 0.1) is 5.56 Å². The van der Waals surface area contributed by atoms with Crippen molar-refractivity contribution in [2.45, 2.75) is 13.8 Å². The van der Waals surface area contributed by atoms with Gasteiger partial charge in [0.2, 0.25) is 12.3 Å². The van der Waals surface area contributed by atoms with Crippen molar-refractivity contribution >= 4 is 11.8 Å². The summed E-state index contributed by atoms with van der Waals surface area (Å²) in [6.07, 6.45) is 1.23. The first-order chi connectivity index (χ1) is 11.5. The lowest BCUT2D eigenvalue weighted by atomic mass is 10.1. The lowest BCUT2D eigenvalue weighted by Crippen LogP contribution is -2.41. The number of aromatic nitrogens is 2. The Bertz CT molecular complexity index is 866. The van der Waals surface area contributed by atoms with Crippen LogP contribution in [0, 0.1) is 13.8 Å². The number of hydrazine groups is 1. The largest absolute Gasteiger partial charge is 0.466 e. The Morgan fingerprint density at radius 2 is 1.75 bits per heavy atom. The first-order valence-corrected chi connectivity index (χ1v) is 7.09. The molecule has 0 unspecified atom stereocenters. The summed E-state index contributed by atoms with van der Waals surface area (Å²) in [7, 11) is 0. The number of carbonyl (C=O) groups is 2. The second-order valence-electron chi connectivity index (χ2n) is 5.06. The standard InChI is InChI=1S/C16H14N4O4/c1-9-7-13(10(2)24-9)15(22)19-18-14(21)11-3-5-12(6-4-11)16-20-17-8-23-16/h3-8H,1-2H3,(H,18,21)(H,19,22). The number of carbonyl (C=O) groups excluding carboxylic acids is 2. The van der Waals surface area contributed by atoms with E-state index in [0.717, 1.165) is 0 Å². The molecular formula is C16H14N4O4. The van der Waals surface area contributed by atoms with Gasteiger partial charge in [0.25, 0.3) is 11.8 Å². The smallest absolute Gasteiger partial charge is 0.273 e. The molecule has 0 atom stereocenters. The van der Waals surface area contributed by atoms with E-state index in [1.807, 2.05) is 0 Å². The minimum atomic E-state index is -0.446. The van der Waals surface area contributed by atoms with Crippen molar-refractivity contribution in [3.63, 3.8) is 0 Å². The molecule has 24 heavy (non-hydrogen) atoms. The lowest BCUT2D eigenvalue weighted by molar-refractivity contribution is 0.0845. The molecule has 0 fully saturated rings. The molecular weight excluding hydrogens is 312 g/mol. The quantitative estimate of drug-likeness (QED) is 0.713. The molecule has 0 aliphatic rings. The maximum absolute atomic E-state index is 12.1. The number of amides is 2. The minimum absolute atomic E-state index is 0.362. The fourth-order valence-corrected chi connectivity index (χ4v) is 2.17. The molecule has 2 heterocycles. The van der Waals surface area contributed by atoms with E-state index in [4.69, 9.17) is 8.83 Å². The molecule has 0 saturated carbocycles. The highest BCUT2D eigenvalue weighted by Gasteiger charge is 2.15. The average molecular weight is 326 g/mol. The Morgan fingerprint density at radius 3 is 2.33 bits per heavy atom. The van der Waals surface area contributed by atoms with Crippen LogP contribution in [0.4, 0.5) is 0 Å². The van der Waals surface area contributed by atoms with E-state index in [2.05, 4.69) is 21.0 Å². The van der Waals surface area contributed by atoms with Gasteiger partial charge in [-0.2, -0.15) is 0 Å². The van der Waals surface area contributed by atoms with Crippen LogP contribution in [0.25, 0.3) is 11.5 Å². The molecule has 0 spiro atoms. The Labute approximate surface area is 136 Å². The van der Waals surface area contributed by atoms with Gasteiger partial charge in [0.15, 0.2) is 0 Å². The molecule has 0 aliphatic heterocycles. The predicted molar refractivity (Wildman–Crippen MR) is 82.8 cm³/mol. The van der Waals surface area contributed by atoms with Crippen molar-refractivity contribution in [3.8, 4) is 11.5 Å². The third-order valence-corrected chi connectivity index (χ3v) is 3.33. The number of rotatable bonds is 3. The van der Waals surface area contributed by atoms with Gasteiger partial charge in [-0.3, -0.25) is 20.4 Å². The van der Waals surface area contributed by atoms with Gasteiger partial charge in [-0.15, -0.1) is 10.2 Å². The number of hydrogen-bond donors (Lipinski definition) is 2. The number of nitrogens with one attached hydrogen (secondary N) is 2. The average Bonchev–Trinajstić information content (AvgIpc) is 3.22. The molecule has 0 radical (unpaired) electrons. The second kappa shape index (κ2) is 6.37. The molecule has 2 amide bonds. The molecule has 2 aromatic heterocycles. The van der Waals surface area contributed by atoms with Crippen molar-refractivity contribution in [1.82, 2.24) is 21.0 Å². The summed E-state index contributed by atoms with van der Waals surface area (Å²) in [4.78, 5) is 24.1. The number of aryl methyl sites for hydroxylation is 2. The van der Waals surface area contributed by atoms with Gasteiger partial charge >= 0.3 is 0 Å². The molecule has 0 saturated heterocycles. The maximum Gasteiger partial charge on any atom is 0.273 e. The topological polar surface area (TPSA) is 110 Å².